The lowest BCUT2D eigenvalue weighted by atomic mass is 10.0. The third-order valence-electron chi connectivity index (χ3n) is 3.75. The van der Waals surface area contributed by atoms with Crippen LogP contribution in [0.2, 0.25) is 0 Å². The average Bonchev–Trinajstić information content (AvgIpc) is 3.22. The van der Waals surface area contributed by atoms with E-state index in [1.54, 1.807) is 19.1 Å². The Morgan fingerprint density at radius 1 is 1.33 bits per heavy atom. The molecule has 21 heavy (non-hydrogen) atoms. The number of para-hydroxylation sites is 1. The minimum Gasteiger partial charge on any atom is -0.491 e. The van der Waals surface area contributed by atoms with Crippen LogP contribution in [0.15, 0.2) is 30.3 Å². The van der Waals surface area contributed by atoms with Crippen LogP contribution in [-0.4, -0.2) is 31.1 Å². The van der Waals surface area contributed by atoms with Crippen molar-refractivity contribution in [1.82, 2.24) is 5.32 Å². The van der Waals surface area contributed by atoms with Gasteiger partial charge in [-0.1, -0.05) is 25.1 Å². The molecule has 1 aliphatic carbocycles. The third kappa shape index (κ3) is 3.74. The van der Waals surface area contributed by atoms with E-state index >= 15 is 0 Å². The monoisotopic (exact) mass is 291 g/mol. The fourth-order valence-corrected chi connectivity index (χ4v) is 2.17. The number of carbonyl (C=O) groups is 2. The van der Waals surface area contributed by atoms with Gasteiger partial charge < -0.3 is 14.8 Å². The number of benzene rings is 1. The maximum atomic E-state index is 12.1. The molecule has 5 heteroatoms. The van der Waals surface area contributed by atoms with E-state index in [4.69, 9.17) is 9.47 Å². The van der Waals surface area contributed by atoms with Crippen molar-refractivity contribution in [3.8, 4) is 5.75 Å². The van der Waals surface area contributed by atoms with Crippen molar-refractivity contribution in [2.45, 2.75) is 25.8 Å². The van der Waals surface area contributed by atoms with Gasteiger partial charge in [-0.15, -0.1) is 0 Å². The Labute approximate surface area is 124 Å². The molecule has 1 aromatic carbocycles. The predicted molar refractivity (Wildman–Crippen MR) is 77.8 cm³/mol. The molecule has 1 fully saturated rings. The van der Waals surface area contributed by atoms with Crippen LogP contribution in [0.25, 0.3) is 0 Å². The second-order valence-corrected chi connectivity index (χ2v) is 5.73. The Balaban J connectivity index is 2.02. The zero-order valence-electron chi connectivity index (χ0n) is 12.6. The number of carbonyl (C=O) groups excluding carboxylic acids is 2. The van der Waals surface area contributed by atoms with Crippen molar-refractivity contribution in [2.24, 2.45) is 11.8 Å². The number of rotatable bonds is 6. The van der Waals surface area contributed by atoms with E-state index in [2.05, 4.69) is 5.32 Å². The molecule has 0 radical (unpaired) electrons. The van der Waals surface area contributed by atoms with E-state index in [1.807, 2.05) is 25.1 Å². The van der Waals surface area contributed by atoms with Gasteiger partial charge in [-0.25, -0.2) is 4.79 Å². The zero-order chi connectivity index (χ0) is 15.5. The average molecular weight is 291 g/mol. The van der Waals surface area contributed by atoms with Gasteiger partial charge in [-0.2, -0.15) is 0 Å². The Kier molecular flexibility index (Phi) is 4.50. The minimum absolute atomic E-state index is 0.00861. The van der Waals surface area contributed by atoms with Crippen molar-refractivity contribution in [3.63, 3.8) is 0 Å². The quantitative estimate of drug-likeness (QED) is 0.811. The summed E-state index contributed by atoms with van der Waals surface area (Å²) in [5.41, 5.74) is -1.19. The summed E-state index contributed by atoms with van der Waals surface area (Å²) in [5, 5.41) is 2.77. The van der Waals surface area contributed by atoms with Crippen molar-refractivity contribution >= 4 is 11.9 Å². The second-order valence-electron chi connectivity index (χ2n) is 5.73. The molecule has 1 aliphatic rings. The van der Waals surface area contributed by atoms with Gasteiger partial charge in [-0.3, -0.25) is 4.79 Å². The molecule has 1 amide bonds. The minimum atomic E-state index is -1.19. The van der Waals surface area contributed by atoms with E-state index in [0.717, 1.165) is 6.42 Å². The summed E-state index contributed by atoms with van der Waals surface area (Å²) in [5.74, 6) is 0.376. The first-order valence-electron chi connectivity index (χ1n) is 7.04. The highest BCUT2D eigenvalue weighted by atomic mass is 16.5. The maximum Gasteiger partial charge on any atom is 0.334 e. The van der Waals surface area contributed by atoms with Crippen LogP contribution in [0.5, 0.6) is 5.75 Å². The lowest BCUT2D eigenvalue weighted by Gasteiger charge is -2.28. The number of nitrogens with one attached hydrogen (secondary N) is 1. The number of ether oxygens (including phenoxy) is 2. The zero-order valence-corrected chi connectivity index (χ0v) is 12.6. The number of hydrogen-bond acceptors (Lipinski definition) is 4. The molecule has 0 spiro atoms. The normalized spacial score (nSPS) is 22.8. The highest BCUT2D eigenvalue weighted by molar-refractivity contribution is 5.90. The molecule has 1 aromatic rings. The molecule has 0 bridgehead atoms. The van der Waals surface area contributed by atoms with E-state index in [9.17, 15) is 9.59 Å². The Morgan fingerprint density at radius 3 is 2.48 bits per heavy atom. The second kappa shape index (κ2) is 6.16. The Morgan fingerprint density at radius 2 is 1.95 bits per heavy atom. The molecular formula is C16H21NO4. The topological polar surface area (TPSA) is 64.6 Å². The van der Waals surface area contributed by atoms with Crippen molar-refractivity contribution in [2.75, 3.05) is 13.7 Å². The van der Waals surface area contributed by atoms with Gasteiger partial charge in [0.15, 0.2) is 5.54 Å². The van der Waals surface area contributed by atoms with Crippen LogP contribution in [0.1, 0.15) is 20.3 Å². The first kappa shape index (κ1) is 15.4. The molecule has 0 heterocycles. The summed E-state index contributed by atoms with van der Waals surface area (Å²) in [6.45, 7) is 3.66. The summed E-state index contributed by atoms with van der Waals surface area (Å²) in [4.78, 5) is 24.1. The van der Waals surface area contributed by atoms with Gasteiger partial charge in [0.05, 0.1) is 7.11 Å². The first-order chi connectivity index (χ1) is 9.96. The SMILES string of the molecule is COC(=O)[C@](C)(COc1ccccc1)NC(=O)[C@@H]1C[C@H]1C. The summed E-state index contributed by atoms with van der Waals surface area (Å²) < 4.78 is 10.4. The smallest absolute Gasteiger partial charge is 0.334 e. The summed E-state index contributed by atoms with van der Waals surface area (Å²) in [6, 6.07) is 9.15. The summed E-state index contributed by atoms with van der Waals surface area (Å²) in [7, 11) is 1.30. The molecular weight excluding hydrogens is 270 g/mol. The van der Waals surface area contributed by atoms with E-state index < -0.39 is 11.5 Å². The van der Waals surface area contributed by atoms with Crippen molar-refractivity contribution in [1.29, 1.82) is 0 Å². The van der Waals surface area contributed by atoms with Crippen LogP contribution in [0.4, 0.5) is 0 Å². The molecule has 2 rings (SSSR count). The molecule has 1 saturated carbocycles. The van der Waals surface area contributed by atoms with Crippen LogP contribution < -0.4 is 10.1 Å². The van der Waals surface area contributed by atoms with Gasteiger partial charge in [-0.05, 0) is 31.4 Å². The van der Waals surface area contributed by atoms with Gasteiger partial charge in [0.1, 0.15) is 12.4 Å². The van der Waals surface area contributed by atoms with Crippen molar-refractivity contribution < 1.29 is 19.1 Å². The number of methoxy groups -OCH3 is 1. The molecule has 0 aromatic heterocycles. The maximum absolute atomic E-state index is 12.1. The van der Waals surface area contributed by atoms with Gasteiger partial charge in [0, 0.05) is 5.92 Å². The molecule has 1 N–H and O–H groups in total. The standard InChI is InChI=1S/C16H21NO4/c1-11-9-13(11)14(18)17-16(2,15(19)20-3)10-21-12-7-5-4-6-8-12/h4-8,11,13H,9-10H2,1-3H3,(H,17,18)/t11-,13-,16+/m1/s1. The summed E-state index contributed by atoms with van der Waals surface area (Å²) in [6.07, 6.45) is 0.864. The number of esters is 1. The van der Waals surface area contributed by atoms with Gasteiger partial charge >= 0.3 is 5.97 Å². The van der Waals surface area contributed by atoms with Crippen molar-refractivity contribution in [3.05, 3.63) is 30.3 Å². The van der Waals surface area contributed by atoms with E-state index in [0.29, 0.717) is 11.7 Å². The highest BCUT2D eigenvalue weighted by Gasteiger charge is 2.44. The van der Waals surface area contributed by atoms with Crippen LogP contribution >= 0.6 is 0 Å². The largest absolute Gasteiger partial charge is 0.491 e. The van der Waals surface area contributed by atoms with Crippen LogP contribution in [-0.2, 0) is 14.3 Å². The summed E-state index contributed by atoms with van der Waals surface area (Å²) >= 11 is 0. The molecule has 0 unspecified atom stereocenters. The Bertz CT molecular complexity index is 516. The predicted octanol–water partition coefficient (Wildman–Crippen LogP) is 1.77. The molecule has 5 nitrogen and oxygen atoms in total. The molecule has 3 atom stereocenters. The van der Waals surface area contributed by atoms with E-state index in [1.165, 1.54) is 7.11 Å². The van der Waals surface area contributed by atoms with Gasteiger partial charge in [0.25, 0.3) is 0 Å². The van der Waals surface area contributed by atoms with E-state index in [-0.39, 0.29) is 18.4 Å². The number of amides is 1. The number of hydrogen-bond donors (Lipinski definition) is 1. The molecule has 114 valence electrons. The lowest BCUT2D eigenvalue weighted by molar-refractivity contribution is -0.151. The van der Waals surface area contributed by atoms with Crippen LogP contribution in [0, 0.1) is 11.8 Å². The molecule has 0 saturated heterocycles. The fraction of sp³-hybridized carbons (Fsp3) is 0.500. The first-order valence-corrected chi connectivity index (χ1v) is 7.04. The Hall–Kier alpha value is -2.04. The fourth-order valence-electron chi connectivity index (χ4n) is 2.17. The highest BCUT2D eigenvalue weighted by Crippen LogP contribution is 2.38. The lowest BCUT2D eigenvalue weighted by Crippen LogP contribution is -2.57. The van der Waals surface area contributed by atoms with Crippen LogP contribution in [0.3, 0.4) is 0 Å². The molecule has 0 aliphatic heterocycles. The van der Waals surface area contributed by atoms with Gasteiger partial charge in [0.2, 0.25) is 5.91 Å². The third-order valence-corrected chi connectivity index (χ3v) is 3.75.